The van der Waals surface area contributed by atoms with Crippen molar-refractivity contribution in [2.24, 2.45) is 0 Å². The molecule has 58 heavy (non-hydrogen) atoms. The molecule has 0 saturated carbocycles. The van der Waals surface area contributed by atoms with Crippen molar-refractivity contribution in [3.63, 3.8) is 0 Å². The van der Waals surface area contributed by atoms with Crippen molar-refractivity contribution in [1.29, 1.82) is 0 Å². The van der Waals surface area contributed by atoms with Crippen LogP contribution in [0.4, 0.5) is 0 Å². The fourth-order valence-electron chi connectivity index (χ4n) is 9.97. The summed E-state index contributed by atoms with van der Waals surface area (Å²) in [4.78, 5) is 9.78. The summed E-state index contributed by atoms with van der Waals surface area (Å²) in [5.41, 5.74) is 15.7. The molecule has 3 heterocycles. The molecule has 1 aliphatic heterocycles. The minimum Gasteiger partial charge on any atom is -0.449 e. The molecule has 8 aromatic carbocycles. The van der Waals surface area contributed by atoms with E-state index < -0.39 is 5.41 Å². The van der Waals surface area contributed by atoms with E-state index in [4.69, 9.17) is 19.4 Å². The zero-order valence-electron chi connectivity index (χ0n) is 31.1. The second-order valence-corrected chi connectivity index (χ2v) is 15.3. The summed E-state index contributed by atoms with van der Waals surface area (Å²) in [7, 11) is 0. The molecule has 2 aromatic heterocycles. The van der Waals surface area contributed by atoms with Crippen LogP contribution in [-0.2, 0) is 5.41 Å². The number of benzene rings is 8. The molecule has 5 heteroatoms. The van der Waals surface area contributed by atoms with Gasteiger partial charge in [-0.2, -0.15) is 0 Å². The third kappa shape index (κ3) is 4.14. The molecule has 0 atom stereocenters. The lowest BCUT2D eigenvalue weighted by molar-refractivity contribution is 0.360. The summed E-state index contributed by atoms with van der Waals surface area (Å²) in [5.74, 6) is 3.58. The summed E-state index contributed by atoms with van der Waals surface area (Å²) in [6.07, 6.45) is 3.83. The zero-order chi connectivity index (χ0) is 38.0. The first kappa shape index (κ1) is 31.4. The molecule has 0 radical (unpaired) electrons. The maximum absolute atomic E-state index is 6.79. The molecule has 5 nitrogen and oxygen atoms in total. The van der Waals surface area contributed by atoms with Crippen LogP contribution in [0.3, 0.4) is 0 Å². The third-order valence-corrected chi connectivity index (χ3v) is 12.4. The maximum Gasteiger partial charge on any atom is 0.234 e. The smallest absolute Gasteiger partial charge is 0.234 e. The van der Waals surface area contributed by atoms with Gasteiger partial charge in [0.2, 0.25) is 5.95 Å². The van der Waals surface area contributed by atoms with Gasteiger partial charge in [-0.05, 0) is 98.1 Å². The van der Waals surface area contributed by atoms with Crippen LogP contribution in [-0.4, -0.2) is 14.5 Å². The number of para-hydroxylation sites is 3. The number of hydrogen-bond donors (Lipinski definition) is 0. The summed E-state index contributed by atoms with van der Waals surface area (Å²) in [6, 6.07) is 62.6. The molecule has 2 aliphatic carbocycles. The highest BCUT2D eigenvalue weighted by molar-refractivity contribution is 6.10. The van der Waals surface area contributed by atoms with Gasteiger partial charge >= 0.3 is 0 Å². The highest BCUT2D eigenvalue weighted by Gasteiger charge is 2.53. The van der Waals surface area contributed by atoms with Crippen molar-refractivity contribution in [1.82, 2.24) is 14.5 Å². The first-order valence-corrected chi connectivity index (χ1v) is 19.6. The Hall–Kier alpha value is -7.76. The van der Waals surface area contributed by atoms with E-state index in [2.05, 4.69) is 138 Å². The van der Waals surface area contributed by atoms with Crippen molar-refractivity contribution in [2.45, 2.75) is 5.41 Å². The molecule has 10 aromatic rings. The van der Waals surface area contributed by atoms with Crippen molar-refractivity contribution in [3.8, 4) is 73.5 Å². The molecule has 0 bridgehead atoms. The van der Waals surface area contributed by atoms with E-state index in [1.807, 2.05) is 54.9 Å². The molecular weight excluding hydrogens is 711 g/mol. The minimum absolute atomic E-state index is 0.549. The maximum atomic E-state index is 6.79. The van der Waals surface area contributed by atoms with Crippen LogP contribution in [0, 0.1) is 0 Å². The third-order valence-electron chi connectivity index (χ3n) is 12.4. The normalized spacial score (nSPS) is 13.6. The van der Waals surface area contributed by atoms with E-state index in [9.17, 15) is 0 Å². The standard InChI is InChI=1S/C53H31N3O2/c1-2-12-32(13-3-1)35-30-54-52(55-31-35)56-45-19-9-6-16-38(45)40-28-33(23-26-46(40)56)34-22-24-39-44(29-34)53(41-17-7-4-14-36(41)37-15-5-8-18-42(37)53)43-25-27-49-51(50(39)43)58-48-21-11-10-20-47(48)57-49/h1-31H. The van der Waals surface area contributed by atoms with Crippen LogP contribution >= 0.6 is 0 Å². The van der Waals surface area contributed by atoms with E-state index in [0.717, 1.165) is 78.2 Å². The largest absolute Gasteiger partial charge is 0.449 e. The van der Waals surface area contributed by atoms with Crippen molar-refractivity contribution < 1.29 is 9.47 Å². The quantitative estimate of drug-likeness (QED) is 0.181. The number of nitrogens with zero attached hydrogens (tertiary/aromatic N) is 3. The summed E-state index contributed by atoms with van der Waals surface area (Å²) < 4.78 is 15.5. The van der Waals surface area contributed by atoms with Gasteiger partial charge in [0.05, 0.1) is 16.4 Å². The predicted octanol–water partition coefficient (Wildman–Crippen LogP) is 13.1. The highest BCUT2D eigenvalue weighted by Crippen LogP contribution is 2.66. The van der Waals surface area contributed by atoms with Crippen LogP contribution in [0.5, 0.6) is 23.0 Å². The number of hydrogen-bond acceptors (Lipinski definition) is 4. The second-order valence-electron chi connectivity index (χ2n) is 15.3. The van der Waals surface area contributed by atoms with Crippen molar-refractivity contribution in [3.05, 3.63) is 211 Å². The van der Waals surface area contributed by atoms with Gasteiger partial charge < -0.3 is 9.47 Å². The number of aromatic nitrogens is 3. The van der Waals surface area contributed by atoms with Gasteiger partial charge in [0, 0.05) is 34.3 Å². The van der Waals surface area contributed by atoms with E-state index >= 15 is 0 Å². The monoisotopic (exact) mass is 741 g/mol. The van der Waals surface area contributed by atoms with Crippen molar-refractivity contribution >= 4 is 21.8 Å². The Morgan fingerprint density at radius 2 is 1.03 bits per heavy atom. The Bertz CT molecular complexity index is 3300. The van der Waals surface area contributed by atoms with E-state index in [-0.39, 0.29) is 0 Å². The Morgan fingerprint density at radius 3 is 1.83 bits per heavy atom. The van der Waals surface area contributed by atoms with E-state index in [1.54, 1.807) is 0 Å². The zero-order valence-corrected chi connectivity index (χ0v) is 31.1. The van der Waals surface area contributed by atoms with Gasteiger partial charge in [-0.15, -0.1) is 0 Å². The van der Waals surface area contributed by atoms with Gasteiger partial charge in [0.25, 0.3) is 0 Å². The molecule has 3 aliphatic rings. The van der Waals surface area contributed by atoms with Crippen LogP contribution < -0.4 is 9.47 Å². The molecule has 0 saturated heterocycles. The average Bonchev–Trinajstić information content (AvgIpc) is 3.90. The fraction of sp³-hybridized carbons (Fsp3) is 0.0189. The second kappa shape index (κ2) is 11.6. The average molecular weight is 742 g/mol. The fourth-order valence-corrected chi connectivity index (χ4v) is 9.97. The van der Waals surface area contributed by atoms with Crippen LogP contribution in [0.1, 0.15) is 22.3 Å². The SMILES string of the molecule is c1ccc(-c2cnc(-n3c4ccccc4c4cc(-c5ccc6c(c5)C5(c7ccccc7-c7ccccc75)c5ccc7c(c5-6)Oc5ccccc5O7)ccc43)nc2)cc1. The number of fused-ring (bicyclic) bond motifs is 16. The molecule has 0 amide bonds. The summed E-state index contributed by atoms with van der Waals surface area (Å²) in [6.45, 7) is 0. The lowest BCUT2D eigenvalue weighted by atomic mass is 9.70. The molecular formula is C53H31N3O2. The van der Waals surface area contributed by atoms with Crippen molar-refractivity contribution in [2.75, 3.05) is 0 Å². The van der Waals surface area contributed by atoms with Crippen LogP contribution in [0.25, 0.3) is 72.3 Å². The topological polar surface area (TPSA) is 49.2 Å². The minimum atomic E-state index is -0.549. The first-order valence-electron chi connectivity index (χ1n) is 19.6. The number of rotatable bonds is 3. The summed E-state index contributed by atoms with van der Waals surface area (Å²) >= 11 is 0. The number of ether oxygens (including phenoxy) is 2. The molecule has 1 spiro atoms. The van der Waals surface area contributed by atoms with Gasteiger partial charge in [-0.25, -0.2) is 9.97 Å². The molecule has 0 fully saturated rings. The van der Waals surface area contributed by atoms with E-state index in [0.29, 0.717) is 5.95 Å². The lowest BCUT2D eigenvalue weighted by Gasteiger charge is -2.31. The van der Waals surface area contributed by atoms with Crippen LogP contribution in [0.2, 0.25) is 0 Å². The van der Waals surface area contributed by atoms with Gasteiger partial charge in [0.1, 0.15) is 0 Å². The van der Waals surface area contributed by atoms with Gasteiger partial charge in [0.15, 0.2) is 23.0 Å². The summed E-state index contributed by atoms with van der Waals surface area (Å²) in [5, 5.41) is 2.31. The first-order chi connectivity index (χ1) is 28.8. The van der Waals surface area contributed by atoms with Crippen LogP contribution in [0.15, 0.2) is 188 Å². The van der Waals surface area contributed by atoms with Gasteiger partial charge in [-0.1, -0.05) is 133 Å². The van der Waals surface area contributed by atoms with E-state index in [1.165, 1.54) is 33.4 Å². The Labute approximate surface area is 334 Å². The Balaban J connectivity index is 1.02. The molecule has 0 N–H and O–H groups in total. The Morgan fingerprint density at radius 1 is 0.397 bits per heavy atom. The molecule has 13 rings (SSSR count). The molecule has 270 valence electrons. The predicted molar refractivity (Wildman–Crippen MR) is 230 cm³/mol. The Kier molecular flexibility index (Phi) is 6.31. The molecule has 0 unspecified atom stereocenters. The lowest BCUT2D eigenvalue weighted by Crippen LogP contribution is -2.26. The van der Waals surface area contributed by atoms with Gasteiger partial charge in [-0.3, -0.25) is 4.57 Å². The highest BCUT2D eigenvalue weighted by atomic mass is 16.6.